The molecule has 7 heteroatoms. The van der Waals surface area contributed by atoms with Crippen molar-refractivity contribution < 1.29 is 0 Å². The maximum Gasteiger partial charge on any atom is 0.225 e. The van der Waals surface area contributed by atoms with Gasteiger partial charge in [0, 0.05) is 67.5 Å². The first-order valence-corrected chi connectivity index (χ1v) is 10.8. The molecular weight excluding hydrogens is 408 g/mol. The summed E-state index contributed by atoms with van der Waals surface area (Å²) in [6.45, 7) is 4.57. The molecule has 4 aromatic rings. The lowest BCUT2D eigenvalue weighted by atomic mass is 10.1. The monoisotopic (exact) mass is 430 g/mol. The molecule has 0 amide bonds. The number of benzene rings is 2. The Bertz CT molecular complexity index is 1120. The van der Waals surface area contributed by atoms with E-state index in [-0.39, 0.29) is 0 Å². The molecule has 0 unspecified atom stereocenters. The van der Waals surface area contributed by atoms with Gasteiger partial charge in [-0.3, -0.25) is 4.90 Å². The van der Waals surface area contributed by atoms with Crippen molar-refractivity contribution in [2.75, 3.05) is 31.1 Å². The van der Waals surface area contributed by atoms with Gasteiger partial charge in [-0.05, 0) is 30.3 Å². The number of rotatable bonds is 5. The number of piperazine rings is 1. The lowest BCUT2D eigenvalue weighted by Crippen LogP contribution is -2.46. The normalized spacial score (nSPS) is 14.7. The molecule has 0 saturated carbocycles. The van der Waals surface area contributed by atoms with Crippen LogP contribution in [0.25, 0.3) is 16.9 Å². The van der Waals surface area contributed by atoms with Crippen molar-refractivity contribution in [3.05, 3.63) is 89.8 Å². The predicted octanol–water partition coefficient (Wildman–Crippen LogP) is 4.30. The van der Waals surface area contributed by atoms with Crippen LogP contribution in [0, 0.1) is 0 Å². The van der Waals surface area contributed by atoms with Crippen molar-refractivity contribution in [2.24, 2.45) is 0 Å². The SMILES string of the molecule is Clc1ccc(-c2nn(-c3ccccc3)cc2CN2CCN(c3ncccn3)CC2)cc1. The molecule has 0 N–H and O–H groups in total. The predicted molar refractivity (Wildman–Crippen MR) is 124 cm³/mol. The minimum Gasteiger partial charge on any atom is -0.338 e. The first kappa shape index (κ1) is 19.7. The second-order valence-corrected chi connectivity index (χ2v) is 8.04. The van der Waals surface area contributed by atoms with Gasteiger partial charge < -0.3 is 4.90 Å². The first-order chi connectivity index (χ1) is 15.3. The van der Waals surface area contributed by atoms with Crippen molar-refractivity contribution in [3.8, 4) is 16.9 Å². The summed E-state index contributed by atoms with van der Waals surface area (Å²) in [4.78, 5) is 13.5. The molecule has 0 radical (unpaired) electrons. The van der Waals surface area contributed by atoms with Gasteiger partial charge in [0.05, 0.1) is 11.4 Å². The Morgan fingerprint density at radius 1 is 0.806 bits per heavy atom. The van der Waals surface area contributed by atoms with Gasteiger partial charge in [-0.15, -0.1) is 0 Å². The Balaban J connectivity index is 1.38. The Morgan fingerprint density at radius 2 is 1.52 bits per heavy atom. The zero-order chi connectivity index (χ0) is 21.0. The summed E-state index contributed by atoms with van der Waals surface area (Å²) in [5.41, 5.74) is 4.32. The quantitative estimate of drug-likeness (QED) is 0.472. The van der Waals surface area contributed by atoms with Gasteiger partial charge in [0.1, 0.15) is 0 Å². The van der Waals surface area contributed by atoms with Gasteiger partial charge in [0.25, 0.3) is 0 Å². The lowest BCUT2D eigenvalue weighted by molar-refractivity contribution is 0.249. The smallest absolute Gasteiger partial charge is 0.225 e. The van der Waals surface area contributed by atoms with E-state index in [0.29, 0.717) is 0 Å². The highest BCUT2D eigenvalue weighted by atomic mass is 35.5. The molecule has 2 aromatic heterocycles. The maximum atomic E-state index is 6.11. The van der Waals surface area contributed by atoms with Crippen LogP contribution in [-0.2, 0) is 6.54 Å². The molecule has 0 bridgehead atoms. The topological polar surface area (TPSA) is 50.1 Å². The summed E-state index contributed by atoms with van der Waals surface area (Å²) in [5, 5.41) is 5.65. The summed E-state index contributed by atoms with van der Waals surface area (Å²) in [6, 6.07) is 20.0. The fourth-order valence-corrected chi connectivity index (χ4v) is 4.02. The Kier molecular flexibility index (Phi) is 5.65. The van der Waals surface area contributed by atoms with Gasteiger partial charge >= 0.3 is 0 Å². The standard InChI is InChI=1S/C24H23ClN6/c25-21-9-7-19(8-10-21)23-20(18-31(28-23)22-5-2-1-3-6-22)17-29-13-15-30(16-14-29)24-26-11-4-12-27-24/h1-12,18H,13-17H2. The third-order valence-electron chi connectivity index (χ3n) is 5.53. The minimum atomic E-state index is 0.729. The van der Waals surface area contributed by atoms with Gasteiger partial charge in [-0.2, -0.15) is 5.10 Å². The van der Waals surface area contributed by atoms with Gasteiger partial charge in [0.2, 0.25) is 5.95 Å². The molecule has 1 aliphatic rings. The van der Waals surface area contributed by atoms with E-state index in [1.807, 2.05) is 53.2 Å². The van der Waals surface area contributed by atoms with Crippen LogP contribution in [0.1, 0.15) is 5.56 Å². The van der Waals surface area contributed by atoms with E-state index in [1.54, 1.807) is 12.4 Å². The maximum absolute atomic E-state index is 6.11. The highest BCUT2D eigenvalue weighted by Gasteiger charge is 2.21. The highest BCUT2D eigenvalue weighted by molar-refractivity contribution is 6.30. The van der Waals surface area contributed by atoms with Crippen LogP contribution in [-0.4, -0.2) is 50.8 Å². The molecule has 2 aromatic carbocycles. The van der Waals surface area contributed by atoms with E-state index in [0.717, 1.165) is 60.6 Å². The molecule has 156 valence electrons. The summed E-state index contributed by atoms with van der Waals surface area (Å²) in [7, 11) is 0. The van der Waals surface area contributed by atoms with Gasteiger partial charge in [0.15, 0.2) is 0 Å². The largest absolute Gasteiger partial charge is 0.338 e. The van der Waals surface area contributed by atoms with E-state index < -0.39 is 0 Å². The number of halogens is 1. The number of hydrogen-bond donors (Lipinski definition) is 0. The summed E-state index contributed by atoms with van der Waals surface area (Å²) in [6.07, 6.45) is 5.74. The summed E-state index contributed by atoms with van der Waals surface area (Å²) in [5.74, 6) is 0.806. The molecule has 5 rings (SSSR count). The molecule has 0 spiro atoms. The third kappa shape index (κ3) is 4.45. The van der Waals surface area contributed by atoms with Crippen LogP contribution < -0.4 is 4.90 Å². The highest BCUT2D eigenvalue weighted by Crippen LogP contribution is 2.27. The number of hydrogen-bond acceptors (Lipinski definition) is 5. The molecule has 6 nitrogen and oxygen atoms in total. The molecule has 3 heterocycles. The van der Waals surface area contributed by atoms with E-state index in [4.69, 9.17) is 16.7 Å². The summed E-state index contributed by atoms with van der Waals surface area (Å²) >= 11 is 6.11. The molecule has 0 atom stereocenters. The third-order valence-corrected chi connectivity index (χ3v) is 5.78. The van der Waals surface area contributed by atoms with Gasteiger partial charge in [-0.25, -0.2) is 14.6 Å². The Morgan fingerprint density at radius 3 is 2.23 bits per heavy atom. The first-order valence-electron chi connectivity index (χ1n) is 10.4. The van der Waals surface area contributed by atoms with Gasteiger partial charge in [-0.1, -0.05) is 41.9 Å². The van der Waals surface area contributed by atoms with E-state index in [2.05, 4.69) is 38.1 Å². The zero-order valence-corrected chi connectivity index (χ0v) is 17.9. The van der Waals surface area contributed by atoms with Crippen molar-refractivity contribution in [3.63, 3.8) is 0 Å². The fourth-order valence-electron chi connectivity index (χ4n) is 3.89. The number of aromatic nitrogens is 4. The number of para-hydroxylation sites is 1. The second-order valence-electron chi connectivity index (χ2n) is 7.60. The van der Waals surface area contributed by atoms with E-state index >= 15 is 0 Å². The van der Waals surface area contributed by atoms with Crippen LogP contribution in [0.5, 0.6) is 0 Å². The van der Waals surface area contributed by atoms with E-state index in [1.165, 1.54) is 5.56 Å². The van der Waals surface area contributed by atoms with Crippen molar-refractivity contribution in [1.82, 2.24) is 24.6 Å². The molecule has 1 aliphatic heterocycles. The van der Waals surface area contributed by atoms with Crippen LogP contribution in [0.15, 0.2) is 79.3 Å². The number of nitrogens with zero attached hydrogens (tertiary/aromatic N) is 6. The second kappa shape index (κ2) is 8.88. The molecule has 31 heavy (non-hydrogen) atoms. The summed E-state index contributed by atoms with van der Waals surface area (Å²) < 4.78 is 1.97. The average molecular weight is 431 g/mol. The molecule has 1 fully saturated rings. The Hall–Kier alpha value is -3.22. The fraction of sp³-hybridized carbons (Fsp3) is 0.208. The molecule has 1 saturated heterocycles. The van der Waals surface area contributed by atoms with E-state index in [9.17, 15) is 0 Å². The van der Waals surface area contributed by atoms with Crippen molar-refractivity contribution in [1.29, 1.82) is 0 Å². The van der Waals surface area contributed by atoms with Crippen LogP contribution in [0.3, 0.4) is 0 Å². The van der Waals surface area contributed by atoms with Crippen molar-refractivity contribution in [2.45, 2.75) is 6.54 Å². The van der Waals surface area contributed by atoms with Crippen molar-refractivity contribution >= 4 is 17.5 Å². The minimum absolute atomic E-state index is 0.729. The van der Waals surface area contributed by atoms with Crippen LogP contribution >= 0.6 is 11.6 Å². The van der Waals surface area contributed by atoms with Crippen LogP contribution in [0.4, 0.5) is 5.95 Å². The number of anilines is 1. The average Bonchev–Trinajstić information content (AvgIpc) is 3.25. The zero-order valence-electron chi connectivity index (χ0n) is 17.1. The molecular formula is C24H23ClN6. The lowest BCUT2D eigenvalue weighted by Gasteiger charge is -2.34. The van der Waals surface area contributed by atoms with Crippen LogP contribution in [0.2, 0.25) is 5.02 Å². The Labute approximate surface area is 186 Å². The molecule has 0 aliphatic carbocycles.